The van der Waals surface area contributed by atoms with Crippen LogP contribution in [0.3, 0.4) is 0 Å². The number of amides is 2. The number of nitrogens with zero attached hydrogens (tertiary/aromatic N) is 4. The number of hydrogen-bond acceptors (Lipinski definition) is 4. The first-order chi connectivity index (χ1) is 13.7. The molecule has 0 saturated carbocycles. The van der Waals surface area contributed by atoms with E-state index in [1.807, 2.05) is 18.5 Å². The largest absolute Gasteiger partial charge is 0.332 e. The number of hydrogen-bond donors (Lipinski definition) is 1. The third-order valence-corrected chi connectivity index (χ3v) is 5.15. The van der Waals surface area contributed by atoms with Gasteiger partial charge in [-0.25, -0.2) is 9.67 Å². The van der Waals surface area contributed by atoms with Crippen molar-refractivity contribution < 1.29 is 9.59 Å². The van der Waals surface area contributed by atoms with Crippen molar-refractivity contribution in [3.8, 4) is 0 Å². The maximum Gasteiger partial charge on any atom is 0.255 e. The van der Waals surface area contributed by atoms with E-state index in [-0.39, 0.29) is 24.4 Å². The van der Waals surface area contributed by atoms with E-state index < -0.39 is 0 Å². The highest BCUT2D eigenvalue weighted by Gasteiger charge is 2.20. The fourth-order valence-corrected chi connectivity index (χ4v) is 3.23. The van der Waals surface area contributed by atoms with Crippen LogP contribution in [0.2, 0.25) is 10.0 Å². The molecule has 0 saturated heterocycles. The molecule has 1 N–H and O–H groups in total. The molecular weight excluding hydrogens is 413 g/mol. The minimum atomic E-state index is -0.349. The molecule has 29 heavy (non-hydrogen) atoms. The molecule has 7 nitrogen and oxygen atoms in total. The summed E-state index contributed by atoms with van der Waals surface area (Å²) in [7, 11) is 1.57. The molecule has 0 bridgehead atoms. The number of carbonyl (C=O) groups excluding carboxylic acids is 2. The summed E-state index contributed by atoms with van der Waals surface area (Å²) in [6.45, 7) is 5.68. The first-order valence-electron chi connectivity index (χ1n) is 9.02. The molecule has 9 heteroatoms. The van der Waals surface area contributed by atoms with Crippen molar-refractivity contribution in [3.63, 3.8) is 0 Å². The Hall–Kier alpha value is -2.64. The third-order valence-electron chi connectivity index (χ3n) is 4.41. The molecule has 152 valence electrons. The minimum Gasteiger partial charge on any atom is -0.332 e. The van der Waals surface area contributed by atoms with E-state index in [0.717, 1.165) is 11.0 Å². The number of rotatable bonds is 5. The van der Waals surface area contributed by atoms with Crippen molar-refractivity contribution in [2.45, 2.75) is 26.8 Å². The maximum absolute atomic E-state index is 12.9. The Balaban J connectivity index is 1.74. The molecule has 0 spiro atoms. The van der Waals surface area contributed by atoms with Gasteiger partial charge in [0.15, 0.2) is 5.65 Å². The summed E-state index contributed by atoms with van der Waals surface area (Å²) in [5, 5.41) is 8.55. The van der Waals surface area contributed by atoms with Crippen LogP contribution in [0, 0.1) is 6.92 Å². The molecule has 3 aromatic rings. The Morgan fingerprint density at radius 3 is 2.59 bits per heavy atom. The van der Waals surface area contributed by atoms with Gasteiger partial charge < -0.3 is 10.2 Å². The minimum absolute atomic E-state index is 0.123. The van der Waals surface area contributed by atoms with Crippen molar-refractivity contribution >= 4 is 51.7 Å². The van der Waals surface area contributed by atoms with E-state index in [9.17, 15) is 9.59 Å². The van der Waals surface area contributed by atoms with Gasteiger partial charge in [-0.3, -0.25) is 9.59 Å². The number of anilines is 1. The lowest BCUT2D eigenvalue weighted by molar-refractivity contribution is -0.116. The van der Waals surface area contributed by atoms with Crippen LogP contribution in [0.15, 0.2) is 30.5 Å². The quantitative estimate of drug-likeness (QED) is 0.648. The zero-order chi connectivity index (χ0) is 21.3. The standard InChI is InChI=1S/C20H21Cl2N5O2/c1-11(2)27-19-13(9-23-27)7-15(12(3)24-19)20(29)26(4)10-18(28)25-14-5-6-16(21)17(22)8-14/h5-9,11H,10H2,1-4H3,(H,25,28). The Morgan fingerprint density at radius 1 is 1.21 bits per heavy atom. The van der Waals surface area contributed by atoms with Gasteiger partial charge in [0, 0.05) is 24.2 Å². The lowest BCUT2D eigenvalue weighted by Crippen LogP contribution is -2.35. The van der Waals surface area contributed by atoms with Crippen LogP contribution >= 0.6 is 23.2 Å². The fourth-order valence-electron chi connectivity index (χ4n) is 2.93. The number of fused-ring (bicyclic) bond motifs is 1. The van der Waals surface area contributed by atoms with E-state index in [1.165, 1.54) is 4.90 Å². The normalized spacial score (nSPS) is 11.1. The third kappa shape index (κ3) is 4.52. The molecule has 2 aromatic heterocycles. The van der Waals surface area contributed by atoms with Gasteiger partial charge in [-0.2, -0.15) is 5.10 Å². The molecule has 0 unspecified atom stereocenters. The molecular formula is C20H21Cl2N5O2. The Bertz CT molecular complexity index is 1090. The monoisotopic (exact) mass is 433 g/mol. The van der Waals surface area contributed by atoms with Gasteiger partial charge in [-0.1, -0.05) is 23.2 Å². The Morgan fingerprint density at radius 2 is 1.93 bits per heavy atom. The molecule has 2 amide bonds. The van der Waals surface area contributed by atoms with Crippen LogP contribution in [0.4, 0.5) is 5.69 Å². The van der Waals surface area contributed by atoms with Gasteiger partial charge >= 0.3 is 0 Å². The average molecular weight is 434 g/mol. The molecule has 2 heterocycles. The summed E-state index contributed by atoms with van der Waals surface area (Å²) in [4.78, 5) is 31.1. The van der Waals surface area contributed by atoms with Gasteiger partial charge in [-0.05, 0) is 45.0 Å². The van der Waals surface area contributed by atoms with E-state index in [4.69, 9.17) is 23.2 Å². The number of pyridine rings is 1. The second-order valence-electron chi connectivity index (χ2n) is 7.06. The van der Waals surface area contributed by atoms with Crippen LogP contribution in [-0.2, 0) is 4.79 Å². The van der Waals surface area contributed by atoms with E-state index in [1.54, 1.807) is 44.4 Å². The zero-order valence-corrected chi connectivity index (χ0v) is 18.0. The van der Waals surface area contributed by atoms with Crippen molar-refractivity contribution in [1.29, 1.82) is 0 Å². The molecule has 0 radical (unpaired) electrons. The van der Waals surface area contributed by atoms with Crippen LogP contribution in [0.1, 0.15) is 35.9 Å². The van der Waals surface area contributed by atoms with Crippen molar-refractivity contribution in [2.75, 3.05) is 18.9 Å². The second-order valence-corrected chi connectivity index (χ2v) is 7.87. The predicted molar refractivity (Wildman–Crippen MR) is 115 cm³/mol. The molecule has 1 aromatic carbocycles. The SMILES string of the molecule is Cc1nc2c(cnn2C(C)C)cc1C(=O)N(C)CC(=O)Nc1ccc(Cl)c(Cl)c1. The Labute approximate surface area is 178 Å². The number of likely N-dealkylation sites (N-methyl/N-ethyl adjacent to an activating group) is 1. The van der Waals surface area contributed by atoms with E-state index in [2.05, 4.69) is 15.4 Å². The lowest BCUT2D eigenvalue weighted by Gasteiger charge is -2.18. The van der Waals surface area contributed by atoms with E-state index >= 15 is 0 Å². The van der Waals surface area contributed by atoms with Crippen LogP contribution in [0.25, 0.3) is 11.0 Å². The highest BCUT2D eigenvalue weighted by atomic mass is 35.5. The van der Waals surface area contributed by atoms with Gasteiger partial charge in [0.2, 0.25) is 5.91 Å². The average Bonchev–Trinajstić information content (AvgIpc) is 3.06. The number of aryl methyl sites for hydroxylation is 1. The number of benzene rings is 1. The van der Waals surface area contributed by atoms with Crippen LogP contribution < -0.4 is 5.32 Å². The molecule has 3 rings (SSSR count). The van der Waals surface area contributed by atoms with Crippen molar-refractivity contribution in [2.24, 2.45) is 0 Å². The van der Waals surface area contributed by atoms with Gasteiger partial charge in [-0.15, -0.1) is 0 Å². The molecule has 0 atom stereocenters. The maximum atomic E-state index is 12.9. The van der Waals surface area contributed by atoms with Gasteiger partial charge in [0.05, 0.1) is 34.0 Å². The molecule has 0 aliphatic rings. The number of carbonyl (C=O) groups is 2. The summed E-state index contributed by atoms with van der Waals surface area (Å²) in [5.41, 5.74) is 2.26. The highest BCUT2D eigenvalue weighted by molar-refractivity contribution is 6.42. The summed E-state index contributed by atoms with van der Waals surface area (Å²) < 4.78 is 1.81. The smallest absolute Gasteiger partial charge is 0.255 e. The summed E-state index contributed by atoms with van der Waals surface area (Å²) in [6.07, 6.45) is 1.69. The second kappa shape index (κ2) is 8.39. The summed E-state index contributed by atoms with van der Waals surface area (Å²) in [5.74, 6) is -0.642. The number of nitrogens with one attached hydrogen (secondary N) is 1. The zero-order valence-electron chi connectivity index (χ0n) is 16.5. The number of aromatic nitrogens is 3. The molecule has 0 aliphatic carbocycles. The topological polar surface area (TPSA) is 80.1 Å². The first kappa shape index (κ1) is 21.1. The van der Waals surface area contributed by atoms with Crippen molar-refractivity contribution in [1.82, 2.24) is 19.7 Å². The highest BCUT2D eigenvalue weighted by Crippen LogP contribution is 2.25. The van der Waals surface area contributed by atoms with Crippen LogP contribution in [0.5, 0.6) is 0 Å². The summed E-state index contributed by atoms with van der Waals surface area (Å²) >= 11 is 11.8. The van der Waals surface area contributed by atoms with Gasteiger partial charge in [0.1, 0.15) is 0 Å². The van der Waals surface area contributed by atoms with Crippen LogP contribution in [-0.4, -0.2) is 45.1 Å². The predicted octanol–water partition coefficient (Wildman–Crippen LogP) is 4.34. The number of halogens is 2. The molecule has 0 fully saturated rings. The first-order valence-corrected chi connectivity index (χ1v) is 9.78. The lowest BCUT2D eigenvalue weighted by atomic mass is 10.1. The fraction of sp³-hybridized carbons (Fsp3) is 0.300. The van der Waals surface area contributed by atoms with Gasteiger partial charge in [0.25, 0.3) is 5.91 Å². The molecule has 0 aliphatic heterocycles. The summed E-state index contributed by atoms with van der Waals surface area (Å²) in [6, 6.07) is 6.71. The van der Waals surface area contributed by atoms with Crippen molar-refractivity contribution in [3.05, 3.63) is 51.8 Å². The Kier molecular flexibility index (Phi) is 6.10. The van der Waals surface area contributed by atoms with E-state index in [0.29, 0.717) is 27.0 Å².